The van der Waals surface area contributed by atoms with E-state index in [2.05, 4.69) is 23.0 Å². The van der Waals surface area contributed by atoms with Crippen molar-refractivity contribution in [1.29, 1.82) is 0 Å². The first-order valence-electron chi connectivity index (χ1n) is 3.95. The quantitative estimate of drug-likeness (QED) is 0.663. The van der Waals surface area contributed by atoms with E-state index in [1.54, 1.807) is 0 Å². The molecule has 1 heterocycles. The summed E-state index contributed by atoms with van der Waals surface area (Å²) in [5, 5.41) is 0. The Hall–Kier alpha value is -1.35. The van der Waals surface area contributed by atoms with E-state index in [9.17, 15) is 0 Å². The fourth-order valence-electron chi connectivity index (χ4n) is 1.27. The third-order valence-corrected chi connectivity index (χ3v) is 1.88. The Balaban J connectivity index is 2.67. The zero-order valence-corrected chi connectivity index (χ0v) is 6.96. The molecule has 1 aromatic heterocycles. The number of aromatic nitrogens is 2. The second kappa shape index (κ2) is 2.60. The number of rotatable bonds is 1. The maximum atomic E-state index is 5.46. The highest BCUT2D eigenvalue weighted by atomic mass is 14.9. The molecule has 2 rings (SSSR count). The molecule has 0 fully saturated rings. The second-order valence-electron chi connectivity index (χ2n) is 2.91. The van der Waals surface area contributed by atoms with Crippen molar-refractivity contribution in [2.75, 3.05) is 0 Å². The van der Waals surface area contributed by atoms with Crippen LogP contribution in [0.5, 0.6) is 0 Å². The van der Waals surface area contributed by atoms with Crippen LogP contribution in [0.4, 0.5) is 0 Å². The second-order valence-corrected chi connectivity index (χ2v) is 2.91. The van der Waals surface area contributed by atoms with Crippen LogP contribution in [0.25, 0.3) is 11.0 Å². The largest absolute Gasteiger partial charge is 0.341 e. The van der Waals surface area contributed by atoms with Crippen molar-refractivity contribution in [3.63, 3.8) is 0 Å². The summed E-state index contributed by atoms with van der Waals surface area (Å²) in [5.74, 6) is 0.843. The number of imidazole rings is 1. The van der Waals surface area contributed by atoms with Crippen LogP contribution in [0, 0.1) is 6.92 Å². The van der Waals surface area contributed by atoms with Gasteiger partial charge in [0.1, 0.15) is 5.82 Å². The molecule has 1 aromatic carbocycles. The minimum absolute atomic E-state index is 0.466. The first-order valence-corrected chi connectivity index (χ1v) is 3.95. The number of hydrogen-bond donors (Lipinski definition) is 2. The van der Waals surface area contributed by atoms with Crippen LogP contribution in [-0.2, 0) is 6.54 Å². The fourth-order valence-corrected chi connectivity index (χ4v) is 1.27. The zero-order chi connectivity index (χ0) is 8.55. The lowest BCUT2D eigenvalue weighted by Gasteiger charge is -1.89. The number of hydrogen-bond acceptors (Lipinski definition) is 2. The van der Waals surface area contributed by atoms with Crippen LogP contribution in [0.2, 0.25) is 0 Å². The SMILES string of the molecule is Cc1ccc2nc(CN)[nH]c2c1. The molecule has 3 nitrogen and oxygen atoms in total. The fraction of sp³-hybridized carbons (Fsp3) is 0.222. The molecule has 3 heteroatoms. The third kappa shape index (κ3) is 1.08. The maximum Gasteiger partial charge on any atom is 0.121 e. The monoisotopic (exact) mass is 161 g/mol. The smallest absolute Gasteiger partial charge is 0.121 e. The van der Waals surface area contributed by atoms with Crippen LogP contribution < -0.4 is 5.73 Å². The highest BCUT2D eigenvalue weighted by Crippen LogP contribution is 2.12. The van der Waals surface area contributed by atoms with Crippen LogP contribution in [0.3, 0.4) is 0 Å². The minimum atomic E-state index is 0.466. The van der Waals surface area contributed by atoms with E-state index in [0.29, 0.717) is 6.54 Å². The number of H-pyrrole nitrogens is 1. The van der Waals surface area contributed by atoms with Crippen molar-refractivity contribution in [1.82, 2.24) is 9.97 Å². The molecule has 62 valence electrons. The van der Waals surface area contributed by atoms with Gasteiger partial charge in [0.2, 0.25) is 0 Å². The van der Waals surface area contributed by atoms with Crippen LogP contribution >= 0.6 is 0 Å². The number of aromatic amines is 1. The predicted octanol–water partition coefficient (Wildman–Crippen LogP) is 1.33. The van der Waals surface area contributed by atoms with Crippen molar-refractivity contribution < 1.29 is 0 Å². The molecule has 0 saturated carbocycles. The van der Waals surface area contributed by atoms with E-state index in [4.69, 9.17) is 5.73 Å². The summed E-state index contributed by atoms with van der Waals surface area (Å²) in [5.41, 5.74) is 8.74. The van der Waals surface area contributed by atoms with Crippen molar-refractivity contribution >= 4 is 11.0 Å². The Kier molecular flexibility index (Phi) is 1.59. The first kappa shape index (κ1) is 7.31. The standard InChI is InChI=1S/C9H11N3/c1-6-2-3-7-8(4-6)12-9(5-10)11-7/h2-4H,5,10H2,1H3,(H,11,12). The van der Waals surface area contributed by atoms with Gasteiger partial charge < -0.3 is 10.7 Å². The summed E-state index contributed by atoms with van der Waals surface area (Å²) >= 11 is 0. The van der Waals surface area contributed by atoms with Crippen molar-refractivity contribution in [2.24, 2.45) is 5.73 Å². The molecule has 0 unspecified atom stereocenters. The van der Waals surface area contributed by atoms with Crippen molar-refractivity contribution in [3.8, 4) is 0 Å². The summed E-state index contributed by atoms with van der Waals surface area (Å²) in [6.07, 6.45) is 0. The van der Waals surface area contributed by atoms with E-state index >= 15 is 0 Å². The van der Waals surface area contributed by atoms with Gasteiger partial charge >= 0.3 is 0 Å². The number of fused-ring (bicyclic) bond motifs is 1. The summed E-state index contributed by atoms with van der Waals surface area (Å²) in [7, 11) is 0. The van der Waals surface area contributed by atoms with Crippen LogP contribution in [-0.4, -0.2) is 9.97 Å². The number of aryl methyl sites for hydroxylation is 1. The Morgan fingerprint density at radius 1 is 1.50 bits per heavy atom. The number of nitrogens with zero attached hydrogens (tertiary/aromatic N) is 1. The molecular weight excluding hydrogens is 150 g/mol. The van der Waals surface area contributed by atoms with Crippen LogP contribution in [0.1, 0.15) is 11.4 Å². The molecule has 2 aromatic rings. The molecule has 0 amide bonds. The van der Waals surface area contributed by atoms with Gasteiger partial charge in [-0.05, 0) is 24.6 Å². The molecule has 0 aliphatic heterocycles. The third-order valence-electron chi connectivity index (χ3n) is 1.88. The summed E-state index contributed by atoms with van der Waals surface area (Å²) in [6, 6.07) is 6.12. The molecule has 0 aliphatic rings. The van der Waals surface area contributed by atoms with E-state index < -0.39 is 0 Å². The highest BCUT2D eigenvalue weighted by molar-refractivity contribution is 5.75. The average Bonchev–Trinajstić information content (AvgIpc) is 2.46. The van der Waals surface area contributed by atoms with Crippen molar-refractivity contribution in [3.05, 3.63) is 29.6 Å². The molecular formula is C9H11N3. The van der Waals surface area contributed by atoms with Gasteiger partial charge in [-0.2, -0.15) is 0 Å². The molecule has 0 spiro atoms. The van der Waals surface area contributed by atoms with E-state index in [0.717, 1.165) is 16.9 Å². The Morgan fingerprint density at radius 3 is 3.08 bits per heavy atom. The summed E-state index contributed by atoms with van der Waals surface area (Å²) in [6.45, 7) is 2.52. The van der Waals surface area contributed by atoms with E-state index in [1.165, 1.54) is 5.56 Å². The van der Waals surface area contributed by atoms with Crippen LogP contribution in [0.15, 0.2) is 18.2 Å². The zero-order valence-electron chi connectivity index (χ0n) is 6.96. The summed E-state index contributed by atoms with van der Waals surface area (Å²) < 4.78 is 0. The van der Waals surface area contributed by atoms with Crippen molar-refractivity contribution in [2.45, 2.75) is 13.5 Å². The van der Waals surface area contributed by atoms with Gasteiger partial charge in [-0.3, -0.25) is 0 Å². The minimum Gasteiger partial charge on any atom is -0.341 e. The van der Waals surface area contributed by atoms with Gasteiger partial charge in [0, 0.05) is 0 Å². The Labute approximate surface area is 70.6 Å². The van der Waals surface area contributed by atoms with Gasteiger partial charge in [0.15, 0.2) is 0 Å². The van der Waals surface area contributed by atoms with E-state index in [-0.39, 0.29) is 0 Å². The topological polar surface area (TPSA) is 54.7 Å². The molecule has 3 N–H and O–H groups in total. The molecule has 0 radical (unpaired) electrons. The normalized spacial score (nSPS) is 10.8. The molecule has 0 saturated heterocycles. The molecule has 12 heavy (non-hydrogen) atoms. The number of nitrogens with one attached hydrogen (secondary N) is 1. The van der Waals surface area contributed by atoms with Gasteiger partial charge in [-0.1, -0.05) is 6.07 Å². The maximum absolute atomic E-state index is 5.46. The van der Waals surface area contributed by atoms with Gasteiger partial charge in [0.05, 0.1) is 17.6 Å². The molecule has 0 atom stereocenters. The predicted molar refractivity (Wildman–Crippen MR) is 48.7 cm³/mol. The highest BCUT2D eigenvalue weighted by Gasteiger charge is 1.99. The Morgan fingerprint density at radius 2 is 2.33 bits per heavy atom. The van der Waals surface area contributed by atoms with E-state index in [1.807, 2.05) is 12.1 Å². The molecule has 0 bridgehead atoms. The molecule has 0 aliphatic carbocycles. The average molecular weight is 161 g/mol. The number of nitrogens with two attached hydrogens (primary N) is 1. The summed E-state index contributed by atoms with van der Waals surface area (Å²) in [4.78, 5) is 7.44. The lowest BCUT2D eigenvalue weighted by Crippen LogP contribution is -1.97. The Bertz CT molecular complexity index is 403. The number of benzene rings is 1. The van der Waals surface area contributed by atoms with Gasteiger partial charge in [0.25, 0.3) is 0 Å². The van der Waals surface area contributed by atoms with Gasteiger partial charge in [-0.25, -0.2) is 4.98 Å². The lowest BCUT2D eigenvalue weighted by molar-refractivity contribution is 0.958. The van der Waals surface area contributed by atoms with Gasteiger partial charge in [-0.15, -0.1) is 0 Å². The lowest BCUT2D eigenvalue weighted by atomic mass is 10.2. The first-order chi connectivity index (χ1) is 5.79.